The van der Waals surface area contributed by atoms with Crippen LogP contribution >= 0.6 is 0 Å². The third-order valence-electron chi connectivity index (χ3n) is 2.61. The largest absolute Gasteiger partial charge is 0.389 e. The molecule has 15 heavy (non-hydrogen) atoms. The lowest BCUT2D eigenvalue weighted by Crippen LogP contribution is -2.29. The SMILES string of the molecule is NC1=C(C(=O)N2CCCC2)C=CS1(=O)=O. The molecule has 0 atom stereocenters. The summed E-state index contributed by atoms with van der Waals surface area (Å²) < 4.78 is 22.5. The molecule has 2 aliphatic heterocycles. The summed E-state index contributed by atoms with van der Waals surface area (Å²) in [6, 6.07) is 0. The van der Waals surface area contributed by atoms with Gasteiger partial charge in [0.2, 0.25) is 9.84 Å². The van der Waals surface area contributed by atoms with E-state index in [2.05, 4.69) is 0 Å². The van der Waals surface area contributed by atoms with Gasteiger partial charge in [-0.15, -0.1) is 0 Å². The fraction of sp³-hybridized carbons (Fsp3) is 0.444. The Morgan fingerprint density at radius 1 is 1.33 bits per heavy atom. The number of rotatable bonds is 1. The molecule has 5 nitrogen and oxygen atoms in total. The number of nitrogens with two attached hydrogens (primary N) is 1. The van der Waals surface area contributed by atoms with Crippen molar-refractivity contribution in [3.05, 3.63) is 22.1 Å². The van der Waals surface area contributed by atoms with E-state index in [1.807, 2.05) is 0 Å². The van der Waals surface area contributed by atoms with Crippen LogP contribution in [-0.2, 0) is 14.6 Å². The summed E-state index contributed by atoms with van der Waals surface area (Å²) in [5, 5.41) is 0.658. The van der Waals surface area contributed by atoms with Gasteiger partial charge in [0.1, 0.15) is 5.03 Å². The van der Waals surface area contributed by atoms with E-state index in [0.717, 1.165) is 18.2 Å². The monoisotopic (exact) mass is 228 g/mol. The van der Waals surface area contributed by atoms with E-state index in [1.165, 1.54) is 6.08 Å². The molecule has 1 fully saturated rings. The molecule has 0 spiro atoms. The summed E-state index contributed by atoms with van der Waals surface area (Å²) in [6.07, 6.45) is 3.22. The molecule has 2 rings (SSSR count). The van der Waals surface area contributed by atoms with Crippen molar-refractivity contribution in [1.29, 1.82) is 0 Å². The lowest BCUT2D eigenvalue weighted by Gasteiger charge is -2.15. The minimum Gasteiger partial charge on any atom is -0.389 e. The molecular weight excluding hydrogens is 216 g/mol. The number of hydrogen-bond donors (Lipinski definition) is 1. The number of nitrogens with zero attached hydrogens (tertiary/aromatic N) is 1. The Hall–Kier alpha value is -1.30. The number of amides is 1. The van der Waals surface area contributed by atoms with Crippen LogP contribution in [0, 0.1) is 0 Å². The van der Waals surface area contributed by atoms with Crippen LogP contribution in [0.15, 0.2) is 22.1 Å². The van der Waals surface area contributed by atoms with Crippen molar-refractivity contribution in [2.45, 2.75) is 12.8 Å². The summed E-state index contributed by atoms with van der Waals surface area (Å²) in [7, 11) is -3.52. The Bertz CT molecular complexity index is 456. The van der Waals surface area contributed by atoms with Gasteiger partial charge >= 0.3 is 0 Å². The van der Waals surface area contributed by atoms with Gasteiger partial charge < -0.3 is 10.6 Å². The fourth-order valence-electron chi connectivity index (χ4n) is 1.73. The van der Waals surface area contributed by atoms with Gasteiger partial charge in [-0.2, -0.15) is 0 Å². The molecule has 0 aliphatic carbocycles. The molecule has 0 aromatic carbocycles. The second-order valence-electron chi connectivity index (χ2n) is 3.62. The molecule has 0 unspecified atom stereocenters. The number of hydrogen-bond acceptors (Lipinski definition) is 4. The molecule has 2 heterocycles. The molecule has 0 saturated carbocycles. The second kappa shape index (κ2) is 3.37. The molecule has 0 aromatic rings. The fourth-order valence-corrected chi connectivity index (χ4v) is 2.66. The van der Waals surface area contributed by atoms with Gasteiger partial charge in [0.15, 0.2) is 0 Å². The van der Waals surface area contributed by atoms with Crippen molar-refractivity contribution in [2.24, 2.45) is 5.73 Å². The Labute approximate surface area is 88.2 Å². The van der Waals surface area contributed by atoms with E-state index in [-0.39, 0.29) is 16.5 Å². The van der Waals surface area contributed by atoms with Crippen LogP contribution in [-0.4, -0.2) is 32.3 Å². The van der Waals surface area contributed by atoms with Crippen molar-refractivity contribution >= 4 is 15.7 Å². The highest BCUT2D eigenvalue weighted by Crippen LogP contribution is 2.22. The molecule has 1 saturated heterocycles. The zero-order chi connectivity index (χ0) is 11.1. The van der Waals surface area contributed by atoms with Crippen LogP contribution in [0.4, 0.5) is 0 Å². The second-order valence-corrected chi connectivity index (χ2v) is 5.43. The number of carbonyl (C=O) groups excluding carboxylic acids is 1. The van der Waals surface area contributed by atoms with Gasteiger partial charge in [-0.3, -0.25) is 4.79 Å². The standard InChI is InChI=1S/C9H12N2O3S/c10-8-7(3-6-15(8,13)14)9(12)11-4-1-2-5-11/h3,6H,1-2,4-5,10H2. The average Bonchev–Trinajstić information content (AvgIpc) is 2.76. The highest BCUT2D eigenvalue weighted by molar-refractivity contribution is 7.98. The quantitative estimate of drug-likeness (QED) is 0.669. The van der Waals surface area contributed by atoms with E-state index in [1.54, 1.807) is 4.90 Å². The maximum Gasteiger partial charge on any atom is 0.256 e. The first-order valence-electron chi connectivity index (χ1n) is 4.74. The zero-order valence-corrected chi connectivity index (χ0v) is 8.96. The normalized spacial score (nSPS) is 23.9. The van der Waals surface area contributed by atoms with Crippen LogP contribution < -0.4 is 5.73 Å². The summed E-state index contributed by atoms with van der Waals surface area (Å²) in [6.45, 7) is 1.37. The smallest absolute Gasteiger partial charge is 0.256 e. The maximum atomic E-state index is 11.8. The Balaban J connectivity index is 2.29. The summed E-state index contributed by atoms with van der Waals surface area (Å²) in [4.78, 5) is 13.5. The van der Waals surface area contributed by atoms with Crippen LogP contribution in [0.2, 0.25) is 0 Å². The predicted molar refractivity (Wildman–Crippen MR) is 55.1 cm³/mol. The van der Waals surface area contributed by atoms with Crippen LogP contribution in [0.3, 0.4) is 0 Å². The molecule has 0 bridgehead atoms. The van der Waals surface area contributed by atoms with Crippen molar-refractivity contribution < 1.29 is 13.2 Å². The lowest BCUT2D eigenvalue weighted by molar-refractivity contribution is -0.125. The average molecular weight is 228 g/mol. The van der Waals surface area contributed by atoms with Crippen LogP contribution in [0.1, 0.15) is 12.8 Å². The van der Waals surface area contributed by atoms with Crippen molar-refractivity contribution in [3.8, 4) is 0 Å². The van der Waals surface area contributed by atoms with Crippen LogP contribution in [0.25, 0.3) is 0 Å². The minimum atomic E-state index is -3.52. The van der Waals surface area contributed by atoms with Crippen molar-refractivity contribution in [3.63, 3.8) is 0 Å². The van der Waals surface area contributed by atoms with Gasteiger partial charge in [-0.1, -0.05) is 0 Å². The lowest BCUT2D eigenvalue weighted by atomic mass is 10.2. The summed E-state index contributed by atoms with van der Waals surface area (Å²) in [5.74, 6) is -0.276. The number of sulfone groups is 1. The molecule has 1 amide bonds. The van der Waals surface area contributed by atoms with Gasteiger partial charge in [0, 0.05) is 18.5 Å². The van der Waals surface area contributed by atoms with E-state index < -0.39 is 9.84 Å². The number of likely N-dealkylation sites (tertiary alicyclic amines) is 1. The minimum absolute atomic E-state index is 0.108. The third kappa shape index (κ3) is 1.65. The molecule has 0 radical (unpaired) electrons. The molecule has 0 aromatic heterocycles. The molecule has 6 heteroatoms. The highest BCUT2D eigenvalue weighted by Gasteiger charge is 2.29. The van der Waals surface area contributed by atoms with Gasteiger partial charge in [-0.25, -0.2) is 8.42 Å². The Morgan fingerprint density at radius 2 is 1.93 bits per heavy atom. The first kappa shape index (κ1) is 10.2. The third-order valence-corrected chi connectivity index (χ3v) is 3.94. The van der Waals surface area contributed by atoms with Crippen LogP contribution in [0.5, 0.6) is 0 Å². The molecule has 2 N–H and O–H groups in total. The van der Waals surface area contributed by atoms with Crippen molar-refractivity contribution in [2.75, 3.05) is 13.1 Å². The first-order valence-corrected chi connectivity index (χ1v) is 6.29. The van der Waals surface area contributed by atoms with Gasteiger partial charge in [-0.05, 0) is 18.9 Å². The predicted octanol–water partition coefficient (Wildman–Crippen LogP) is -0.279. The molecule has 82 valence electrons. The van der Waals surface area contributed by atoms with E-state index in [4.69, 9.17) is 5.73 Å². The highest BCUT2D eigenvalue weighted by atomic mass is 32.2. The van der Waals surface area contributed by atoms with Gasteiger partial charge in [0.05, 0.1) is 5.57 Å². The maximum absolute atomic E-state index is 11.8. The van der Waals surface area contributed by atoms with Gasteiger partial charge in [0.25, 0.3) is 5.91 Å². The molecular formula is C9H12N2O3S. The Morgan fingerprint density at radius 3 is 2.40 bits per heavy atom. The molecule has 2 aliphatic rings. The summed E-state index contributed by atoms with van der Waals surface area (Å²) in [5.41, 5.74) is 5.52. The van der Waals surface area contributed by atoms with E-state index in [0.29, 0.717) is 13.1 Å². The van der Waals surface area contributed by atoms with E-state index in [9.17, 15) is 13.2 Å². The summed E-state index contributed by atoms with van der Waals surface area (Å²) >= 11 is 0. The van der Waals surface area contributed by atoms with E-state index >= 15 is 0 Å². The number of carbonyl (C=O) groups is 1. The Kier molecular flexibility index (Phi) is 2.30. The topological polar surface area (TPSA) is 80.5 Å². The van der Waals surface area contributed by atoms with Crippen molar-refractivity contribution in [1.82, 2.24) is 4.90 Å². The first-order chi connectivity index (χ1) is 7.02. The zero-order valence-electron chi connectivity index (χ0n) is 8.14.